The van der Waals surface area contributed by atoms with Gasteiger partial charge in [-0.25, -0.2) is 17.6 Å². The molecule has 0 bridgehead atoms. The number of pyridine rings is 2. The Bertz CT molecular complexity index is 726. The second-order valence-electron chi connectivity index (χ2n) is 4.76. The molecule has 0 saturated heterocycles. The van der Waals surface area contributed by atoms with Gasteiger partial charge in [0.2, 0.25) is 0 Å². The third-order valence-electron chi connectivity index (χ3n) is 3.15. The van der Waals surface area contributed by atoms with Crippen LogP contribution in [0.1, 0.15) is 17.3 Å². The lowest BCUT2D eigenvalue weighted by atomic mass is 9.93. The van der Waals surface area contributed by atoms with E-state index in [9.17, 15) is 17.6 Å². The molecule has 0 saturated carbocycles. The summed E-state index contributed by atoms with van der Waals surface area (Å²) >= 11 is 0. The summed E-state index contributed by atoms with van der Waals surface area (Å²) in [6.07, 6.45) is 2.29. The van der Waals surface area contributed by atoms with Crippen molar-refractivity contribution in [2.45, 2.75) is 18.4 Å². The molecule has 0 radical (unpaired) electrons. The Kier molecular flexibility index (Phi) is 5.22. The molecule has 0 amide bonds. The second-order valence-corrected chi connectivity index (χ2v) is 4.76. The molecule has 5 nitrogen and oxygen atoms in total. The number of aromatic nitrogens is 2. The zero-order valence-electron chi connectivity index (χ0n) is 11.6. The van der Waals surface area contributed by atoms with Crippen LogP contribution in [0.25, 0.3) is 0 Å². The Morgan fingerprint density at radius 1 is 1.09 bits per heavy atom. The lowest BCUT2D eigenvalue weighted by Crippen LogP contribution is -2.33. The average Bonchev–Trinajstić information content (AvgIpc) is 2.48. The molecule has 0 aromatic carbocycles. The monoisotopic (exact) mass is 328 g/mol. The number of nitrogens with zero attached hydrogens (tertiary/aromatic N) is 3. The lowest BCUT2D eigenvalue weighted by molar-refractivity contribution is 0.318. The van der Waals surface area contributed by atoms with Crippen molar-refractivity contribution < 1.29 is 22.8 Å². The number of oxime groups is 1. The van der Waals surface area contributed by atoms with E-state index < -0.39 is 35.2 Å². The number of hydrogen-bond donors (Lipinski definition) is 2. The van der Waals surface area contributed by atoms with Gasteiger partial charge in [-0.2, -0.15) is 0 Å². The van der Waals surface area contributed by atoms with Crippen LogP contribution in [-0.4, -0.2) is 27.4 Å². The van der Waals surface area contributed by atoms with Crippen molar-refractivity contribution in [2.24, 2.45) is 10.9 Å². The van der Waals surface area contributed by atoms with E-state index in [1.165, 1.54) is 0 Å². The molecule has 3 N–H and O–H groups in total. The average molecular weight is 328 g/mol. The van der Waals surface area contributed by atoms with Gasteiger partial charge < -0.3 is 10.9 Å². The van der Waals surface area contributed by atoms with Gasteiger partial charge in [0.15, 0.2) is 0 Å². The van der Waals surface area contributed by atoms with Crippen molar-refractivity contribution in [3.8, 4) is 0 Å². The molecule has 2 aromatic heterocycles. The van der Waals surface area contributed by atoms with E-state index in [1.54, 1.807) is 0 Å². The number of hydrogen-bond acceptors (Lipinski definition) is 5. The van der Waals surface area contributed by atoms with Crippen molar-refractivity contribution in [3.05, 3.63) is 59.2 Å². The number of rotatable bonds is 5. The van der Waals surface area contributed by atoms with Gasteiger partial charge in [-0.15, -0.1) is 5.16 Å². The molecule has 0 aliphatic carbocycles. The summed E-state index contributed by atoms with van der Waals surface area (Å²) in [7, 11) is 0. The minimum Gasteiger partial charge on any atom is -0.411 e. The van der Waals surface area contributed by atoms with E-state index in [4.69, 9.17) is 10.9 Å². The van der Waals surface area contributed by atoms with Gasteiger partial charge in [0, 0.05) is 24.6 Å². The smallest absolute Gasteiger partial charge is 0.148 e. The van der Waals surface area contributed by atoms with Crippen LogP contribution in [-0.2, 0) is 6.42 Å². The lowest BCUT2D eigenvalue weighted by Gasteiger charge is -2.19. The maximum Gasteiger partial charge on any atom is 0.148 e. The zero-order valence-corrected chi connectivity index (χ0v) is 11.6. The fourth-order valence-electron chi connectivity index (χ4n) is 2.07. The Labute approximate surface area is 128 Å². The van der Waals surface area contributed by atoms with Crippen LogP contribution in [0.3, 0.4) is 0 Å². The van der Waals surface area contributed by atoms with Crippen LogP contribution >= 0.6 is 0 Å². The van der Waals surface area contributed by atoms with E-state index in [1.807, 2.05) is 0 Å². The Morgan fingerprint density at radius 2 is 1.70 bits per heavy atom. The summed E-state index contributed by atoms with van der Waals surface area (Å²) in [5.41, 5.74) is 5.47. The second kappa shape index (κ2) is 7.14. The molecule has 23 heavy (non-hydrogen) atoms. The molecule has 2 atom stereocenters. The maximum absolute atomic E-state index is 13.8. The normalized spacial score (nSPS) is 14.1. The van der Waals surface area contributed by atoms with Crippen molar-refractivity contribution in [3.63, 3.8) is 0 Å². The molecule has 2 rings (SSSR count). The SMILES string of the molecule is NC(Cc1ncc(F)cc1F)C(C=NO)c1ncc(F)cc1F. The van der Waals surface area contributed by atoms with Crippen molar-refractivity contribution in [1.29, 1.82) is 0 Å². The van der Waals surface area contributed by atoms with Crippen LogP contribution in [0.4, 0.5) is 17.6 Å². The highest BCUT2D eigenvalue weighted by Gasteiger charge is 2.25. The third kappa shape index (κ3) is 4.01. The van der Waals surface area contributed by atoms with Crippen LogP contribution in [0.15, 0.2) is 29.7 Å². The zero-order chi connectivity index (χ0) is 17.0. The Morgan fingerprint density at radius 3 is 2.26 bits per heavy atom. The molecular weight excluding hydrogens is 316 g/mol. The fraction of sp³-hybridized carbons (Fsp3) is 0.214. The Balaban J connectivity index is 2.29. The van der Waals surface area contributed by atoms with Gasteiger partial charge >= 0.3 is 0 Å². The van der Waals surface area contributed by atoms with Gasteiger partial charge in [0.05, 0.1) is 35.9 Å². The minimum atomic E-state index is -1.06. The molecule has 0 spiro atoms. The highest BCUT2D eigenvalue weighted by atomic mass is 19.1. The predicted octanol–water partition coefficient (Wildman–Crippen LogP) is 2.15. The first kappa shape index (κ1) is 16.8. The topological polar surface area (TPSA) is 84.4 Å². The van der Waals surface area contributed by atoms with Crippen molar-refractivity contribution in [1.82, 2.24) is 9.97 Å². The van der Waals surface area contributed by atoms with Crippen LogP contribution < -0.4 is 5.73 Å². The van der Waals surface area contributed by atoms with E-state index in [-0.39, 0.29) is 17.8 Å². The van der Waals surface area contributed by atoms with Crippen molar-refractivity contribution >= 4 is 6.21 Å². The predicted molar refractivity (Wildman–Crippen MR) is 73.0 cm³/mol. The van der Waals surface area contributed by atoms with Gasteiger partial charge in [-0.1, -0.05) is 0 Å². The summed E-state index contributed by atoms with van der Waals surface area (Å²) in [6.45, 7) is 0. The number of nitrogens with two attached hydrogens (primary N) is 1. The molecule has 0 aliphatic rings. The van der Waals surface area contributed by atoms with E-state index in [2.05, 4.69) is 15.1 Å². The third-order valence-corrected chi connectivity index (χ3v) is 3.15. The van der Waals surface area contributed by atoms with Crippen LogP contribution in [0.5, 0.6) is 0 Å². The molecular formula is C14H12F4N4O. The fourth-order valence-corrected chi connectivity index (χ4v) is 2.07. The first-order valence-corrected chi connectivity index (χ1v) is 6.46. The summed E-state index contributed by atoms with van der Waals surface area (Å²) in [4.78, 5) is 7.17. The van der Waals surface area contributed by atoms with Crippen LogP contribution in [0, 0.1) is 23.3 Å². The molecule has 2 unspecified atom stereocenters. The Hall–Kier alpha value is -2.55. The summed E-state index contributed by atoms with van der Waals surface area (Å²) in [6, 6.07) is 0.246. The molecule has 122 valence electrons. The summed E-state index contributed by atoms with van der Waals surface area (Å²) in [5.74, 6) is -4.69. The first-order valence-electron chi connectivity index (χ1n) is 6.46. The van der Waals surface area contributed by atoms with Gasteiger partial charge in [0.25, 0.3) is 0 Å². The van der Waals surface area contributed by atoms with Crippen molar-refractivity contribution in [2.75, 3.05) is 0 Å². The molecule has 0 fully saturated rings. The first-order chi connectivity index (χ1) is 10.9. The van der Waals surface area contributed by atoms with E-state index >= 15 is 0 Å². The van der Waals surface area contributed by atoms with Crippen LogP contribution in [0.2, 0.25) is 0 Å². The molecule has 2 heterocycles. The highest BCUT2D eigenvalue weighted by molar-refractivity contribution is 5.67. The minimum absolute atomic E-state index is 0.141. The largest absolute Gasteiger partial charge is 0.411 e. The maximum atomic E-state index is 13.8. The quantitative estimate of drug-likeness (QED) is 0.381. The molecule has 9 heteroatoms. The van der Waals surface area contributed by atoms with E-state index in [0.717, 1.165) is 18.6 Å². The van der Waals surface area contributed by atoms with Gasteiger partial charge in [-0.05, 0) is 0 Å². The molecule has 0 aliphatic heterocycles. The molecule has 2 aromatic rings. The summed E-state index contributed by atoms with van der Waals surface area (Å²) in [5, 5.41) is 11.5. The van der Waals surface area contributed by atoms with Gasteiger partial charge in [-0.3, -0.25) is 9.97 Å². The highest BCUT2D eigenvalue weighted by Crippen LogP contribution is 2.21. The number of halogens is 4. The summed E-state index contributed by atoms with van der Waals surface area (Å²) < 4.78 is 53.2. The van der Waals surface area contributed by atoms with E-state index in [0.29, 0.717) is 12.1 Å². The van der Waals surface area contributed by atoms with Gasteiger partial charge in [0.1, 0.15) is 23.3 Å². The standard InChI is InChI=1S/C14H12F4N4O/c15-7-1-10(17)13(20-4-7)3-12(19)9(6-22-23)14-11(18)2-8(16)5-21-14/h1-2,4-6,9,12,23H,3,19H2.